The quantitative estimate of drug-likeness (QED) is 0.808. The van der Waals surface area contributed by atoms with Crippen molar-refractivity contribution in [2.75, 3.05) is 13.2 Å². The van der Waals surface area contributed by atoms with Gasteiger partial charge in [0.25, 0.3) is 0 Å². The second kappa shape index (κ2) is 8.72. The summed E-state index contributed by atoms with van der Waals surface area (Å²) in [6, 6.07) is 5.00. The number of benzene rings is 1. The number of nitrogens with one attached hydrogen (secondary N) is 1. The minimum absolute atomic E-state index is 0.280. The molecule has 2 nitrogen and oxygen atoms in total. The van der Waals surface area contributed by atoms with E-state index in [1.807, 2.05) is 0 Å². The van der Waals surface area contributed by atoms with Gasteiger partial charge in [-0.15, -0.1) is 0 Å². The minimum Gasteiger partial charge on any atom is -0.378 e. The Morgan fingerprint density at radius 1 is 1.43 bits per heavy atom. The molecule has 0 radical (unpaired) electrons. The van der Waals surface area contributed by atoms with Crippen LogP contribution in [0.1, 0.15) is 44.6 Å². The number of halogens is 2. The van der Waals surface area contributed by atoms with E-state index < -0.39 is 0 Å². The molecule has 0 spiro atoms. The molecule has 1 saturated heterocycles. The third kappa shape index (κ3) is 5.57. The Bertz CT molecular complexity index is 435. The monoisotopic (exact) mass is 313 g/mol. The van der Waals surface area contributed by atoms with E-state index in [4.69, 9.17) is 16.3 Å². The van der Waals surface area contributed by atoms with Crippen LogP contribution >= 0.6 is 11.6 Å². The number of rotatable bonds is 7. The zero-order valence-electron chi connectivity index (χ0n) is 12.7. The van der Waals surface area contributed by atoms with Gasteiger partial charge in [0.2, 0.25) is 0 Å². The van der Waals surface area contributed by atoms with Crippen molar-refractivity contribution in [2.45, 2.75) is 57.6 Å². The van der Waals surface area contributed by atoms with Crippen molar-refractivity contribution >= 4 is 11.6 Å². The fourth-order valence-corrected chi connectivity index (χ4v) is 3.09. The van der Waals surface area contributed by atoms with Crippen molar-refractivity contribution in [1.82, 2.24) is 5.32 Å². The summed E-state index contributed by atoms with van der Waals surface area (Å²) in [5.41, 5.74) is 1.00. The summed E-state index contributed by atoms with van der Waals surface area (Å²) in [4.78, 5) is 0. The van der Waals surface area contributed by atoms with Crippen LogP contribution in [0.25, 0.3) is 0 Å². The summed E-state index contributed by atoms with van der Waals surface area (Å²) in [6.45, 7) is 4.02. The maximum Gasteiger partial charge on any atom is 0.124 e. The third-order valence-corrected chi connectivity index (χ3v) is 4.34. The van der Waals surface area contributed by atoms with Gasteiger partial charge in [-0.25, -0.2) is 4.39 Å². The molecule has 0 aromatic heterocycles. The lowest BCUT2D eigenvalue weighted by atomic mass is 9.96. The van der Waals surface area contributed by atoms with E-state index in [1.54, 1.807) is 6.07 Å². The Morgan fingerprint density at radius 3 is 2.95 bits per heavy atom. The molecule has 21 heavy (non-hydrogen) atoms. The SMILES string of the molecule is CCCNC(Cc1ccc(F)cc1Cl)CC1CCCCO1. The molecular weight excluding hydrogens is 289 g/mol. The van der Waals surface area contributed by atoms with Crippen LogP contribution in [0.5, 0.6) is 0 Å². The van der Waals surface area contributed by atoms with Crippen molar-refractivity contribution in [2.24, 2.45) is 0 Å². The molecule has 0 amide bonds. The smallest absolute Gasteiger partial charge is 0.124 e. The number of hydrogen-bond donors (Lipinski definition) is 1. The Kier molecular flexibility index (Phi) is 6.94. The lowest BCUT2D eigenvalue weighted by molar-refractivity contribution is 0.00526. The molecule has 1 aliphatic rings. The summed E-state index contributed by atoms with van der Waals surface area (Å²) in [6.07, 6.45) is 6.82. The Morgan fingerprint density at radius 2 is 2.29 bits per heavy atom. The van der Waals surface area contributed by atoms with Gasteiger partial charge in [-0.3, -0.25) is 0 Å². The van der Waals surface area contributed by atoms with Gasteiger partial charge in [0, 0.05) is 17.7 Å². The van der Waals surface area contributed by atoms with Crippen LogP contribution in [0, 0.1) is 5.82 Å². The van der Waals surface area contributed by atoms with Gasteiger partial charge in [0.05, 0.1) is 6.10 Å². The van der Waals surface area contributed by atoms with Crippen molar-refractivity contribution in [1.29, 1.82) is 0 Å². The highest BCUT2D eigenvalue weighted by Crippen LogP contribution is 2.22. The van der Waals surface area contributed by atoms with Gasteiger partial charge in [-0.2, -0.15) is 0 Å². The fraction of sp³-hybridized carbons (Fsp3) is 0.647. The molecule has 1 aromatic carbocycles. The highest BCUT2D eigenvalue weighted by molar-refractivity contribution is 6.31. The second-order valence-electron chi connectivity index (χ2n) is 5.82. The highest BCUT2D eigenvalue weighted by atomic mass is 35.5. The van der Waals surface area contributed by atoms with Crippen molar-refractivity contribution in [3.8, 4) is 0 Å². The molecular formula is C17H25ClFNO. The zero-order valence-corrected chi connectivity index (χ0v) is 13.5. The number of ether oxygens (including phenoxy) is 1. The molecule has 1 fully saturated rings. The summed E-state index contributed by atoms with van der Waals surface area (Å²) in [7, 11) is 0. The summed E-state index contributed by atoms with van der Waals surface area (Å²) in [5.74, 6) is -0.280. The molecule has 0 saturated carbocycles. The largest absolute Gasteiger partial charge is 0.378 e. The van der Waals surface area contributed by atoms with Crippen LogP contribution in [0.15, 0.2) is 18.2 Å². The van der Waals surface area contributed by atoms with Crippen LogP contribution in [-0.4, -0.2) is 25.3 Å². The first-order valence-electron chi connectivity index (χ1n) is 7.98. The van der Waals surface area contributed by atoms with Crippen LogP contribution in [-0.2, 0) is 11.2 Å². The predicted octanol–water partition coefficient (Wildman–Crippen LogP) is 4.35. The minimum atomic E-state index is -0.280. The molecule has 1 N–H and O–H groups in total. The molecule has 0 bridgehead atoms. The maximum absolute atomic E-state index is 13.1. The maximum atomic E-state index is 13.1. The predicted molar refractivity (Wildman–Crippen MR) is 85.4 cm³/mol. The molecule has 2 rings (SSSR count). The first kappa shape index (κ1) is 16.7. The first-order chi connectivity index (χ1) is 10.2. The molecule has 1 aromatic rings. The summed E-state index contributed by atoms with van der Waals surface area (Å²) >= 11 is 6.15. The topological polar surface area (TPSA) is 21.3 Å². The molecule has 4 heteroatoms. The van der Waals surface area contributed by atoms with Crippen LogP contribution in [0.3, 0.4) is 0 Å². The van der Waals surface area contributed by atoms with Crippen LogP contribution in [0.4, 0.5) is 4.39 Å². The lowest BCUT2D eigenvalue weighted by Crippen LogP contribution is -2.37. The van der Waals surface area contributed by atoms with Gasteiger partial charge in [-0.05, 0) is 62.8 Å². The van der Waals surface area contributed by atoms with E-state index in [0.29, 0.717) is 17.2 Å². The van der Waals surface area contributed by atoms with E-state index in [0.717, 1.165) is 44.4 Å². The summed E-state index contributed by atoms with van der Waals surface area (Å²) < 4.78 is 19.0. The standard InChI is InChI=1S/C17H25ClFNO/c1-2-8-20-15(12-16-5-3-4-9-21-16)10-13-6-7-14(19)11-17(13)18/h6-7,11,15-16,20H,2-5,8-10,12H2,1H3. The van der Waals surface area contributed by atoms with Crippen molar-refractivity contribution in [3.05, 3.63) is 34.6 Å². The Balaban J connectivity index is 1.97. The van der Waals surface area contributed by atoms with E-state index in [2.05, 4.69) is 12.2 Å². The van der Waals surface area contributed by atoms with Gasteiger partial charge >= 0.3 is 0 Å². The first-order valence-corrected chi connectivity index (χ1v) is 8.35. The Hall–Kier alpha value is -0.640. The van der Waals surface area contributed by atoms with E-state index in [-0.39, 0.29) is 5.82 Å². The van der Waals surface area contributed by atoms with E-state index in [9.17, 15) is 4.39 Å². The third-order valence-electron chi connectivity index (χ3n) is 3.99. The van der Waals surface area contributed by atoms with Gasteiger partial charge in [-0.1, -0.05) is 24.6 Å². The molecule has 0 aliphatic carbocycles. The van der Waals surface area contributed by atoms with Gasteiger partial charge in [0.1, 0.15) is 5.82 Å². The van der Waals surface area contributed by atoms with Crippen LogP contribution < -0.4 is 5.32 Å². The average Bonchev–Trinajstić information content (AvgIpc) is 2.48. The molecule has 118 valence electrons. The number of hydrogen-bond acceptors (Lipinski definition) is 2. The zero-order chi connectivity index (χ0) is 15.1. The van der Waals surface area contributed by atoms with Crippen molar-refractivity contribution in [3.63, 3.8) is 0 Å². The molecule has 1 aliphatic heterocycles. The normalized spacial score (nSPS) is 20.4. The lowest BCUT2D eigenvalue weighted by Gasteiger charge is -2.28. The molecule has 2 unspecified atom stereocenters. The average molecular weight is 314 g/mol. The van der Waals surface area contributed by atoms with Crippen molar-refractivity contribution < 1.29 is 9.13 Å². The summed E-state index contributed by atoms with van der Waals surface area (Å²) in [5, 5.41) is 4.09. The van der Waals surface area contributed by atoms with E-state index in [1.165, 1.54) is 25.0 Å². The Labute approximate surface area is 132 Å². The van der Waals surface area contributed by atoms with Crippen LogP contribution in [0.2, 0.25) is 5.02 Å². The van der Waals surface area contributed by atoms with Gasteiger partial charge < -0.3 is 10.1 Å². The van der Waals surface area contributed by atoms with Gasteiger partial charge in [0.15, 0.2) is 0 Å². The molecule has 2 atom stereocenters. The molecule has 1 heterocycles. The highest BCUT2D eigenvalue weighted by Gasteiger charge is 2.20. The van der Waals surface area contributed by atoms with E-state index >= 15 is 0 Å². The fourth-order valence-electron chi connectivity index (χ4n) is 2.85. The second-order valence-corrected chi connectivity index (χ2v) is 6.22.